The second-order valence-electron chi connectivity index (χ2n) is 6.12. The third-order valence-corrected chi connectivity index (χ3v) is 4.88. The van der Waals surface area contributed by atoms with Gasteiger partial charge in [0.2, 0.25) is 11.8 Å². The Morgan fingerprint density at radius 3 is 2.39 bits per heavy atom. The van der Waals surface area contributed by atoms with Crippen molar-refractivity contribution in [2.75, 3.05) is 0 Å². The molecule has 114 valence electrons. The van der Waals surface area contributed by atoms with Gasteiger partial charge in [0.05, 0.1) is 5.69 Å². The molecule has 2 bridgehead atoms. The summed E-state index contributed by atoms with van der Waals surface area (Å²) in [6, 6.07) is 8.19. The normalized spacial score (nSPS) is 21.2. The Kier molecular flexibility index (Phi) is 2.23. The number of aromatic nitrogens is 1. The van der Waals surface area contributed by atoms with Crippen molar-refractivity contribution in [1.82, 2.24) is 4.57 Å². The summed E-state index contributed by atoms with van der Waals surface area (Å²) in [7, 11) is 0. The maximum atomic E-state index is 11.3. The standard InChI is InChI=1S/C18H13NO4/c20-14-6-3-9-8-12(4-5-13(9)23-14)19-17(21)15-10-1-2-11(7-10)16(15)18(19)22/h1-6,8,10-11,21-22H,7H2/t10-,11+. The summed E-state index contributed by atoms with van der Waals surface area (Å²) >= 11 is 0. The number of nitrogens with zero attached hydrogens (tertiary/aromatic N) is 1. The Morgan fingerprint density at radius 2 is 1.70 bits per heavy atom. The smallest absolute Gasteiger partial charge is 0.336 e. The maximum Gasteiger partial charge on any atom is 0.336 e. The van der Waals surface area contributed by atoms with Crippen LogP contribution in [0.25, 0.3) is 16.7 Å². The molecule has 2 atom stereocenters. The van der Waals surface area contributed by atoms with Crippen molar-refractivity contribution in [3.63, 3.8) is 0 Å². The lowest BCUT2D eigenvalue weighted by Gasteiger charge is -2.10. The molecule has 0 saturated carbocycles. The molecule has 1 aromatic carbocycles. The number of hydrogen-bond donors (Lipinski definition) is 2. The lowest BCUT2D eigenvalue weighted by Crippen LogP contribution is -1.97. The molecule has 0 unspecified atom stereocenters. The van der Waals surface area contributed by atoms with E-state index < -0.39 is 5.63 Å². The van der Waals surface area contributed by atoms with Gasteiger partial charge in [-0.05, 0) is 30.7 Å². The number of rotatable bonds is 1. The van der Waals surface area contributed by atoms with Gasteiger partial charge in [-0.15, -0.1) is 0 Å². The van der Waals surface area contributed by atoms with E-state index in [-0.39, 0.29) is 23.6 Å². The first-order valence-electron chi connectivity index (χ1n) is 7.52. The minimum absolute atomic E-state index is 0.0890. The molecule has 2 heterocycles. The molecule has 0 radical (unpaired) electrons. The molecule has 2 N–H and O–H groups in total. The number of hydrogen-bond acceptors (Lipinski definition) is 4. The SMILES string of the molecule is O=c1ccc2cc(-n3c(O)c4c(c3O)[C@H]3C=C[C@@H]4C3)ccc2o1. The summed E-state index contributed by atoms with van der Waals surface area (Å²) < 4.78 is 6.58. The highest BCUT2D eigenvalue weighted by Crippen LogP contribution is 2.57. The molecule has 0 amide bonds. The molecular formula is C18H13NO4. The van der Waals surface area contributed by atoms with Crippen LogP contribution in [0, 0.1) is 0 Å². The minimum atomic E-state index is -0.404. The number of fused-ring (bicyclic) bond motifs is 6. The molecule has 5 rings (SSSR count). The predicted molar refractivity (Wildman–Crippen MR) is 84.4 cm³/mol. The van der Waals surface area contributed by atoms with E-state index in [1.54, 1.807) is 24.3 Å². The summed E-state index contributed by atoms with van der Waals surface area (Å²) in [6.45, 7) is 0. The van der Waals surface area contributed by atoms with Gasteiger partial charge in [-0.1, -0.05) is 12.2 Å². The average molecular weight is 307 g/mol. The molecular weight excluding hydrogens is 294 g/mol. The van der Waals surface area contributed by atoms with Crippen molar-refractivity contribution < 1.29 is 14.6 Å². The van der Waals surface area contributed by atoms with Crippen LogP contribution in [0.3, 0.4) is 0 Å². The van der Waals surface area contributed by atoms with Gasteiger partial charge in [0.15, 0.2) is 0 Å². The molecule has 0 fully saturated rings. The highest BCUT2D eigenvalue weighted by atomic mass is 16.4. The fourth-order valence-electron chi connectivity index (χ4n) is 3.88. The van der Waals surface area contributed by atoms with Crippen LogP contribution in [0.4, 0.5) is 0 Å². The van der Waals surface area contributed by atoms with Crippen LogP contribution >= 0.6 is 0 Å². The van der Waals surface area contributed by atoms with Gasteiger partial charge in [0.1, 0.15) is 5.58 Å². The van der Waals surface area contributed by atoms with Crippen molar-refractivity contribution in [3.05, 3.63) is 64.0 Å². The number of benzene rings is 1. The highest BCUT2D eigenvalue weighted by Gasteiger charge is 2.41. The van der Waals surface area contributed by atoms with E-state index in [0.717, 1.165) is 22.9 Å². The molecule has 3 aromatic rings. The van der Waals surface area contributed by atoms with Gasteiger partial charge < -0.3 is 14.6 Å². The van der Waals surface area contributed by atoms with Gasteiger partial charge in [-0.25, -0.2) is 4.79 Å². The molecule has 0 aliphatic heterocycles. The van der Waals surface area contributed by atoms with Crippen molar-refractivity contribution in [2.24, 2.45) is 0 Å². The molecule has 23 heavy (non-hydrogen) atoms. The number of allylic oxidation sites excluding steroid dienone is 2. The Balaban J connectivity index is 1.75. The van der Waals surface area contributed by atoms with E-state index in [1.165, 1.54) is 10.6 Å². The van der Waals surface area contributed by atoms with Gasteiger partial charge in [-0.2, -0.15) is 0 Å². The quantitative estimate of drug-likeness (QED) is 0.535. The summed E-state index contributed by atoms with van der Waals surface area (Å²) in [6.07, 6.45) is 5.10. The average Bonchev–Trinajstić information content (AvgIpc) is 3.21. The van der Waals surface area contributed by atoms with E-state index >= 15 is 0 Å². The monoisotopic (exact) mass is 307 g/mol. The van der Waals surface area contributed by atoms with Crippen molar-refractivity contribution in [2.45, 2.75) is 18.3 Å². The van der Waals surface area contributed by atoms with Crippen molar-refractivity contribution in [1.29, 1.82) is 0 Å². The van der Waals surface area contributed by atoms with Gasteiger partial charge >= 0.3 is 5.63 Å². The fourth-order valence-corrected chi connectivity index (χ4v) is 3.88. The fraction of sp³-hybridized carbons (Fsp3) is 0.167. The van der Waals surface area contributed by atoms with E-state index in [0.29, 0.717) is 11.3 Å². The van der Waals surface area contributed by atoms with E-state index in [1.807, 2.05) is 0 Å². The second kappa shape index (κ2) is 4.07. The Bertz CT molecular complexity index is 1020. The number of aromatic hydroxyl groups is 2. The second-order valence-corrected chi connectivity index (χ2v) is 6.12. The van der Waals surface area contributed by atoms with Crippen LogP contribution in [-0.4, -0.2) is 14.8 Å². The molecule has 2 aliphatic rings. The van der Waals surface area contributed by atoms with Crippen molar-refractivity contribution in [3.8, 4) is 17.4 Å². The van der Waals surface area contributed by atoms with Crippen LogP contribution in [0.1, 0.15) is 29.4 Å². The molecule has 0 spiro atoms. The summed E-state index contributed by atoms with van der Waals surface area (Å²) in [5.41, 5.74) is 2.36. The molecule has 2 aromatic heterocycles. The Hall–Kier alpha value is -2.95. The van der Waals surface area contributed by atoms with Gasteiger partial charge in [0, 0.05) is 34.4 Å². The zero-order valence-corrected chi connectivity index (χ0v) is 12.1. The Labute approximate surface area is 130 Å². The molecule has 5 nitrogen and oxygen atoms in total. The lowest BCUT2D eigenvalue weighted by molar-refractivity contribution is 0.395. The van der Waals surface area contributed by atoms with Crippen LogP contribution in [0.5, 0.6) is 11.8 Å². The van der Waals surface area contributed by atoms with Crippen LogP contribution in [0.2, 0.25) is 0 Å². The first kappa shape index (κ1) is 12.6. The van der Waals surface area contributed by atoms with E-state index in [9.17, 15) is 15.0 Å². The van der Waals surface area contributed by atoms with E-state index in [4.69, 9.17) is 4.42 Å². The molecule has 2 aliphatic carbocycles. The minimum Gasteiger partial charge on any atom is -0.494 e. The summed E-state index contributed by atoms with van der Waals surface area (Å²) in [5.74, 6) is 0.540. The maximum absolute atomic E-state index is 11.3. The zero-order valence-electron chi connectivity index (χ0n) is 12.1. The van der Waals surface area contributed by atoms with Gasteiger partial charge in [0.25, 0.3) is 0 Å². The summed E-state index contributed by atoms with van der Waals surface area (Å²) in [5, 5.41) is 22.0. The third kappa shape index (κ3) is 1.54. The summed E-state index contributed by atoms with van der Waals surface area (Å²) in [4.78, 5) is 11.3. The highest BCUT2D eigenvalue weighted by molar-refractivity contribution is 5.79. The van der Waals surface area contributed by atoms with Gasteiger partial charge in [-0.3, -0.25) is 4.57 Å². The first-order valence-corrected chi connectivity index (χ1v) is 7.52. The van der Waals surface area contributed by atoms with Crippen molar-refractivity contribution >= 4 is 11.0 Å². The van der Waals surface area contributed by atoms with Crippen LogP contribution in [0.15, 0.2) is 51.7 Å². The Morgan fingerprint density at radius 1 is 1.00 bits per heavy atom. The van der Waals surface area contributed by atoms with Crippen LogP contribution < -0.4 is 5.63 Å². The predicted octanol–water partition coefficient (Wildman–Crippen LogP) is 3.14. The molecule has 5 heteroatoms. The third-order valence-electron chi connectivity index (χ3n) is 4.88. The largest absolute Gasteiger partial charge is 0.494 e. The molecule has 0 saturated heterocycles. The zero-order chi connectivity index (χ0) is 15.7. The topological polar surface area (TPSA) is 75.6 Å². The lowest BCUT2D eigenvalue weighted by atomic mass is 10.0. The van der Waals surface area contributed by atoms with Crippen LogP contribution in [-0.2, 0) is 0 Å². The van der Waals surface area contributed by atoms with E-state index in [2.05, 4.69) is 12.2 Å². The first-order chi connectivity index (χ1) is 11.1.